The number of thiocarbonyl (C=S) groups is 1. The Kier molecular flexibility index (Phi) is 20.0. The Bertz CT molecular complexity index is 478. The van der Waals surface area contributed by atoms with Crippen LogP contribution in [0.3, 0.4) is 0 Å². The Labute approximate surface area is 196 Å². The first-order valence-corrected chi connectivity index (χ1v) is 12.9. The zero-order valence-corrected chi connectivity index (χ0v) is 21.0. The van der Waals surface area contributed by atoms with E-state index in [4.69, 9.17) is 14.9 Å². The molecule has 0 saturated carbocycles. The van der Waals surface area contributed by atoms with Crippen molar-refractivity contribution in [1.29, 1.82) is 0 Å². The van der Waals surface area contributed by atoms with Crippen LogP contribution in [-0.4, -0.2) is 51.6 Å². The molecule has 1 rings (SSSR count). The van der Waals surface area contributed by atoms with Gasteiger partial charge in [-0.2, -0.15) is 0 Å². The Hall–Kier alpha value is -1.14. The van der Waals surface area contributed by atoms with E-state index >= 15 is 0 Å². The van der Waals surface area contributed by atoms with E-state index in [1.54, 1.807) is 0 Å². The highest BCUT2D eigenvalue weighted by atomic mass is 32.1. The maximum Gasteiger partial charge on any atom is 0.303 e. The molecule has 0 aromatic heterocycles. The molecule has 0 aromatic carbocycles. The first-order valence-electron chi connectivity index (χ1n) is 12.5. The van der Waals surface area contributed by atoms with Gasteiger partial charge in [0.1, 0.15) is 0 Å². The molecule has 1 aliphatic rings. The third-order valence-electron chi connectivity index (χ3n) is 5.33. The fraction of sp³-hybridized carbons (Fsp3) is 0.840. The molecule has 31 heavy (non-hydrogen) atoms. The molecule has 1 aliphatic heterocycles. The lowest BCUT2D eigenvalue weighted by molar-refractivity contribution is -0.137. The topological polar surface area (TPSA) is 73.3 Å². The minimum atomic E-state index is -0.673. The SMILES string of the molecule is CCCCC[C@H]1O[C@H]1C/C=C\CCCCCCCC(=O)O.CCCN(CCC)C(O)=S. The van der Waals surface area contributed by atoms with Crippen LogP contribution in [0.1, 0.15) is 111 Å². The standard InChI is InChI=1S/C18H32O3.C7H15NOS/c1-2-3-10-13-16-17(21-16)14-11-8-6-4-5-7-9-12-15-18(19)20;1-3-5-8(6-4-2)7(9)10/h8,11,16-17H,2-7,9-10,12-15H2,1H3,(H,19,20);3-6H2,1-2H3,(H,9,10)/b11-8-;/t16-,17+;/m1./s1. The molecular formula is C25H47NO4S. The Morgan fingerprint density at radius 1 is 0.871 bits per heavy atom. The van der Waals surface area contributed by atoms with Gasteiger partial charge in [-0.05, 0) is 57.2 Å². The number of carboxylic acid groups (broad SMARTS) is 1. The van der Waals surface area contributed by atoms with Gasteiger partial charge in [0.2, 0.25) is 0 Å². The number of aliphatic hydroxyl groups excluding tert-OH is 1. The van der Waals surface area contributed by atoms with Crippen LogP contribution in [0, 0.1) is 0 Å². The number of hydrogen-bond donors (Lipinski definition) is 2. The molecule has 5 nitrogen and oxygen atoms in total. The van der Waals surface area contributed by atoms with Crippen molar-refractivity contribution in [3.63, 3.8) is 0 Å². The molecule has 0 aromatic rings. The van der Waals surface area contributed by atoms with Crippen LogP contribution >= 0.6 is 12.2 Å². The number of carbonyl (C=O) groups is 1. The number of nitrogens with zero attached hydrogens (tertiary/aromatic N) is 1. The summed E-state index contributed by atoms with van der Waals surface area (Å²) in [5.41, 5.74) is 0. The number of carboxylic acids is 1. The van der Waals surface area contributed by atoms with Crippen molar-refractivity contribution < 1.29 is 19.7 Å². The summed E-state index contributed by atoms with van der Waals surface area (Å²) in [5, 5.41) is 17.5. The van der Waals surface area contributed by atoms with Gasteiger partial charge >= 0.3 is 5.97 Å². The maximum absolute atomic E-state index is 10.3. The number of unbranched alkanes of at least 4 members (excludes halogenated alkanes) is 7. The molecular weight excluding hydrogens is 410 g/mol. The van der Waals surface area contributed by atoms with Crippen LogP contribution in [0.2, 0.25) is 0 Å². The van der Waals surface area contributed by atoms with E-state index in [-0.39, 0.29) is 5.17 Å². The van der Waals surface area contributed by atoms with Crippen LogP contribution in [0.15, 0.2) is 12.2 Å². The molecule has 0 aliphatic carbocycles. The normalized spacial score (nSPS) is 17.3. The van der Waals surface area contributed by atoms with Gasteiger partial charge in [-0.25, -0.2) is 0 Å². The minimum absolute atomic E-state index is 0.0312. The molecule has 0 radical (unpaired) electrons. The van der Waals surface area contributed by atoms with Crippen molar-refractivity contribution >= 4 is 23.4 Å². The van der Waals surface area contributed by atoms with Crippen molar-refractivity contribution in [3.8, 4) is 0 Å². The highest BCUT2D eigenvalue weighted by Gasteiger charge is 2.36. The van der Waals surface area contributed by atoms with Crippen molar-refractivity contribution in [2.24, 2.45) is 0 Å². The van der Waals surface area contributed by atoms with Crippen LogP contribution in [-0.2, 0) is 9.53 Å². The molecule has 0 amide bonds. The molecule has 1 fully saturated rings. The molecule has 0 bridgehead atoms. The Morgan fingerprint density at radius 3 is 2.10 bits per heavy atom. The van der Waals surface area contributed by atoms with Gasteiger partial charge in [-0.3, -0.25) is 4.79 Å². The van der Waals surface area contributed by atoms with Gasteiger partial charge in [0, 0.05) is 19.5 Å². The van der Waals surface area contributed by atoms with Gasteiger partial charge in [-0.1, -0.05) is 71.4 Å². The number of aliphatic hydroxyl groups is 1. The first-order chi connectivity index (χ1) is 15.0. The summed E-state index contributed by atoms with van der Waals surface area (Å²) in [7, 11) is 0. The van der Waals surface area contributed by atoms with Gasteiger partial charge in [0.25, 0.3) is 5.17 Å². The highest BCUT2D eigenvalue weighted by Crippen LogP contribution is 2.30. The minimum Gasteiger partial charge on any atom is -0.487 e. The second kappa shape index (κ2) is 20.7. The van der Waals surface area contributed by atoms with E-state index in [0.29, 0.717) is 18.6 Å². The van der Waals surface area contributed by atoms with Gasteiger partial charge in [-0.15, -0.1) is 0 Å². The average molecular weight is 458 g/mol. The monoisotopic (exact) mass is 457 g/mol. The third-order valence-corrected chi connectivity index (χ3v) is 5.59. The predicted octanol–water partition coefficient (Wildman–Crippen LogP) is 7.05. The molecule has 182 valence electrons. The Morgan fingerprint density at radius 2 is 1.52 bits per heavy atom. The lowest BCUT2D eigenvalue weighted by Gasteiger charge is -2.19. The van der Waals surface area contributed by atoms with E-state index in [1.165, 1.54) is 38.5 Å². The van der Waals surface area contributed by atoms with Gasteiger partial charge in [0.05, 0.1) is 12.2 Å². The second-order valence-corrected chi connectivity index (χ2v) is 8.75. The average Bonchev–Trinajstić information content (AvgIpc) is 3.47. The van der Waals surface area contributed by atoms with Crippen LogP contribution in [0.25, 0.3) is 0 Å². The number of rotatable bonds is 18. The predicted molar refractivity (Wildman–Crippen MR) is 134 cm³/mol. The van der Waals surface area contributed by atoms with E-state index in [2.05, 4.69) is 45.1 Å². The van der Waals surface area contributed by atoms with E-state index in [9.17, 15) is 4.79 Å². The molecule has 2 atom stereocenters. The summed E-state index contributed by atoms with van der Waals surface area (Å²) in [6.45, 7) is 8.11. The van der Waals surface area contributed by atoms with E-state index in [0.717, 1.165) is 58.0 Å². The number of ether oxygens (including phenoxy) is 1. The van der Waals surface area contributed by atoms with Crippen molar-refractivity contribution in [2.45, 2.75) is 123 Å². The molecule has 0 unspecified atom stereocenters. The maximum atomic E-state index is 10.3. The summed E-state index contributed by atoms with van der Waals surface area (Å²) in [6.07, 6.45) is 20.8. The second-order valence-electron chi connectivity index (χ2n) is 8.39. The van der Waals surface area contributed by atoms with Crippen molar-refractivity contribution in [2.75, 3.05) is 13.1 Å². The number of allylic oxidation sites excluding steroid dienone is 1. The third kappa shape index (κ3) is 19.3. The van der Waals surface area contributed by atoms with E-state index in [1.807, 2.05) is 4.90 Å². The highest BCUT2D eigenvalue weighted by molar-refractivity contribution is 7.79. The van der Waals surface area contributed by atoms with Gasteiger partial charge in [0.15, 0.2) is 0 Å². The van der Waals surface area contributed by atoms with Crippen LogP contribution < -0.4 is 0 Å². The zero-order chi connectivity index (χ0) is 23.3. The molecule has 1 saturated heterocycles. The van der Waals surface area contributed by atoms with Gasteiger partial charge < -0.3 is 19.8 Å². The van der Waals surface area contributed by atoms with Crippen molar-refractivity contribution in [1.82, 2.24) is 4.90 Å². The van der Waals surface area contributed by atoms with Crippen LogP contribution in [0.5, 0.6) is 0 Å². The quantitative estimate of drug-likeness (QED) is 0.0994. The summed E-state index contributed by atoms with van der Waals surface area (Å²) in [4.78, 5) is 12.2. The number of aliphatic carboxylic acids is 1. The molecule has 0 spiro atoms. The fourth-order valence-electron chi connectivity index (χ4n) is 3.50. The zero-order valence-electron chi connectivity index (χ0n) is 20.2. The molecule has 2 N–H and O–H groups in total. The smallest absolute Gasteiger partial charge is 0.303 e. The molecule has 6 heteroatoms. The lowest BCUT2D eigenvalue weighted by atomic mass is 10.1. The summed E-state index contributed by atoms with van der Waals surface area (Å²) >= 11 is 4.63. The largest absolute Gasteiger partial charge is 0.487 e. The number of epoxide rings is 1. The molecule has 1 heterocycles. The fourth-order valence-corrected chi connectivity index (χ4v) is 3.68. The van der Waals surface area contributed by atoms with E-state index < -0.39 is 5.97 Å². The summed E-state index contributed by atoms with van der Waals surface area (Å²) < 4.78 is 5.66. The number of hydrogen-bond acceptors (Lipinski definition) is 3. The van der Waals surface area contributed by atoms with Crippen molar-refractivity contribution in [3.05, 3.63) is 12.2 Å². The Balaban J connectivity index is 0.000000759. The summed E-state index contributed by atoms with van der Waals surface area (Å²) in [6, 6.07) is 0. The van der Waals surface area contributed by atoms with Crippen LogP contribution in [0.4, 0.5) is 0 Å². The summed E-state index contributed by atoms with van der Waals surface area (Å²) in [5.74, 6) is -0.673. The lowest BCUT2D eigenvalue weighted by Crippen LogP contribution is -2.30. The first kappa shape index (κ1) is 29.9.